The van der Waals surface area contributed by atoms with E-state index in [0.29, 0.717) is 18.1 Å². The molecule has 86 valence electrons. The molecule has 3 heteroatoms. The van der Waals surface area contributed by atoms with E-state index in [1.54, 1.807) is 6.07 Å². The summed E-state index contributed by atoms with van der Waals surface area (Å²) in [7, 11) is 0. The van der Waals surface area contributed by atoms with Crippen LogP contribution in [0.2, 0.25) is 0 Å². The van der Waals surface area contributed by atoms with E-state index >= 15 is 0 Å². The SMILES string of the molecule is NC1(Cc2ccccc2F)CC2CCC1O2. The fourth-order valence-electron chi connectivity index (χ4n) is 3.02. The molecule has 2 aliphatic rings. The van der Waals surface area contributed by atoms with Crippen molar-refractivity contribution < 1.29 is 9.13 Å². The minimum atomic E-state index is -0.356. The molecule has 2 nitrogen and oxygen atoms in total. The molecule has 3 unspecified atom stereocenters. The Morgan fingerprint density at radius 3 is 2.81 bits per heavy atom. The van der Waals surface area contributed by atoms with Crippen molar-refractivity contribution >= 4 is 0 Å². The highest BCUT2D eigenvalue weighted by Crippen LogP contribution is 2.42. The van der Waals surface area contributed by atoms with Gasteiger partial charge in [-0.1, -0.05) is 18.2 Å². The molecule has 3 rings (SSSR count). The van der Waals surface area contributed by atoms with Gasteiger partial charge in [0.15, 0.2) is 0 Å². The lowest BCUT2D eigenvalue weighted by molar-refractivity contribution is 0.0855. The first-order valence-electron chi connectivity index (χ1n) is 5.85. The third-order valence-corrected chi connectivity index (χ3v) is 3.83. The molecule has 0 amide bonds. The van der Waals surface area contributed by atoms with Gasteiger partial charge in [-0.15, -0.1) is 0 Å². The maximum Gasteiger partial charge on any atom is 0.126 e. The van der Waals surface area contributed by atoms with Crippen LogP contribution in [0.4, 0.5) is 4.39 Å². The van der Waals surface area contributed by atoms with E-state index in [1.807, 2.05) is 12.1 Å². The van der Waals surface area contributed by atoms with Crippen LogP contribution in [0, 0.1) is 5.82 Å². The third kappa shape index (κ3) is 1.55. The van der Waals surface area contributed by atoms with Crippen LogP contribution in [0.5, 0.6) is 0 Å². The summed E-state index contributed by atoms with van der Waals surface area (Å²) >= 11 is 0. The molecule has 2 N–H and O–H groups in total. The average Bonchev–Trinajstić information content (AvgIpc) is 2.81. The smallest absolute Gasteiger partial charge is 0.126 e. The van der Waals surface area contributed by atoms with Gasteiger partial charge in [0.1, 0.15) is 5.82 Å². The Kier molecular flexibility index (Phi) is 2.26. The number of nitrogens with two attached hydrogens (primary N) is 1. The molecule has 3 atom stereocenters. The number of benzene rings is 1. The highest BCUT2D eigenvalue weighted by molar-refractivity contribution is 5.22. The highest BCUT2D eigenvalue weighted by atomic mass is 19.1. The lowest BCUT2D eigenvalue weighted by Gasteiger charge is -2.31. The second kappa shape index (κ2) is 3.54. The van der Waals surface area contributed by atoms with Crippen molar-refractivity contribution in [2.24, 2.45) is 5.73 Å². The molecule has 1 aromatic rings. The summed E-state index contributed by atoms with van der Waals surface area (Å²) in [5, 5.41) is 0. The summed E-state index contributed by atoms with van der Waals surface area (Å²) in [4.78, 5) is 0. The van der Waals surface area contributed by atoms with Crippen LogP contribution in [0.3, 0.4) is 0 Å². The Bertz CT molecular complexity index is 409. The highest BCUT2D eigenvalue weighted by Gasteiger charge is 2.49. The van der Waals surface area contributed by atoms with Crippen molar-refractivity contribution in [3.63, 3.8) is 0 Å². The van der Waals surface area contributed by atoms with E-state index in [1.165, 1.54) is 6.07 Å². The zero-order valence-electron chi connectivity index (χ0n) is 9.16. The molecule has 2 saturated heterocycles. The van der Waals surface area contributed by atoms with Crippen LogP contribution in [-0.4, -0.2) is 17.7 Å². The monoisotopic (exact) mass is 221 g/mol. The van der Waals surface area contributed by atoms with Crippen molar-refractivity contribution in [2.45, 2.75) is 43.4 Å². The summed E-state index contributed by atoms with van der Waals surface area (Å²) in [6.45, 7) is 0. The van der Waals surface area contributed by atoms with Crippen LogP contribution in [0.25, 0.3) is 0 Å². The average molecular weight is 221 g/mol. The number of ether oxygens (including phenoxy) is 1. The Morgan fingerprint density at radius 2 is 2.19 bits per heavy atom. The molecular formula is C13H16FNO. The lowest BCUT2D eigenvalue weighted by atomic mass is 9.78. The number of hydrogen-bond donors (Lipinski definition) is 1. The fourth-order valence-corrected chi connectivity index (χ4v) is 3.02. The summed E-state index contributed by atoms with van der Waals surface area (Å²) in [6, 6.07) is 6.87. The summed E-state index contributed by atoms with van der Waals surface area (Å²) in [5.74, 6) is -0.157. The van der Waals surface area contributed by atoms with Gasteiger partial charge >= 0.3 is 0 Å². The van der Waals surface area contributed by atoms with Gasteiger partial charge < -0.3 is 10.5 Å². The minimum absolute atomic E-state index is 0.122. The van der Waals surface area contributed by atoms with E-state index in [9.17, 15) is 4.39 Å². The van der Waals surface area contributed by atoms with E-state index < -0.39 is 0 Å². The van der Waals surface area contributed by atoms with Crippen molar-refractivity contribution in [1.29, 1.82) is 0 Å². The molecule has 16 heavy (non-hydrogen) atoms. The van der Waals surface area contributed by atoms with Gasteiger partial charge in [0.05, 0.1) is 12.2 Å². The third-order valence-electron chi connectivity index (χ3n) is 3.83. The summed E-state index contributed by atoms with van der Waals surface area (Å²) < 4.78 is 19.3. The van der Waals surface area contributed by atoms with E-state index in [-0.39, 0.29) is 17.5 Å². The second-order valence-electron chi connectivity index (χ2n) is 5.03. The summed E-state index contributed by atoms with van der Waals surface area (Å²) in [5.41, 5.74) is 6.71. The number of rotatable bonds is 2. The Labute approximate surface area is 94.6 Å². The molecule has 0 saturated carbocycles. The molecule has 2 heterocycles. The first kappa shape index (κ1) is 10.2. The molecule has 0 spiro atoms. The van der Waals surface area contributed by atoms with Crippen LogP contribution >= 0.6 is 0 Å². The van der Waals surface area contributed by atoms with Gasteiger partial charge in [-0.25, -0.2) is 4.39 Å². The maximum absolute atomic E-state index is 13.6. The van der Waals surface area contributed by atoms with Crippen molar-refractivity contribution in [1.82, 2.24) is 0 Å². The predicted octanol–water partition coefficient (Wildman–Crippen LogP) is 2.02. The van der Waals surface area contributed by atoms with Crippen molar-refractivity contribution in [3.05, 3.63) is 35.6 Å². The molecular weight excluding hydrogens is 205 g/mol. The minimum Gasteiger partial charge on any atom is -0.373 e. The van der Waals surface area contributed by atoms with Crippen LogP contribution in [-0.2, 0) is 11.2 Å². The van der Waals surface area contributed by atoms with E-state index in [0.717, 1.165) is 19.3 Å². The molecule has 2 bridgehead atoms. The Balaban J connectivity index is 1.82. The van der Waals surface area contributed by atoms with Gasteiger partial charge in [0.2, 0.25) is 0 Å². The zero-order valence-corrected chi connectivity index (χ0v) is 9.16. The van der Waals surface area contributed by atoms with E-state index in [4.69, 9.17) is 10.5 Å². The first-order valence-corrected chi connectivity index (χ1v) is 5.85. The maximum atomic E-state index is 13.6. The van der Waals surface area contributed by atoms with Crippen LogP contribution in [0.1, 0.15) is 24.8 Å². The summed E-state index contributed by atoms with van der Waals surface area (Å²) in [6.07, 6.45) is 4.02. The van der Waals surface area contributed by atoms with Gasteiger partial charge in [-0.2, -0.15) is 0 Å². The van der Waals surface area contributed by atoms with Gasteiger partial charge in [-0.3, -0.25) is 0 Å². The molecule has 2 aliphatic heterocycles. The largest absolute Gasteiger partial charge is 0.373 e. The van der Waals surface area contributed by atoms with Crippen molar-refractivity contribution in [3.8, 4) is 0 Å². The normalized spacial score (nSPS) is 36.9. The lowest BCUT2D eigenvalue weighted by Crippen LogP contribution is -2.50. The number of hydrogen-bond acceptors (Lipinski definition) is 2. The fraction of sp³-hybridized carbons (Fsp3) is 0.538. The Morgan fingerprint density at radius 1 is 1.38 bits per heavy atom. The van der Waals surface area contributed by atoms with Crippen molar-refractivity contribution in [2.75, 3.05) is 0 Å². The topological polar surface area (TPSA) is 35.2 Å². The quantitative estimate of drug-likeness (QED) is 0.829. The molecule has 0 aliphatic carbocycles. The van der Waals surface area contributed by atoms with Gasteiger partial charge in [-0.05, 0) is 37.3 Å². The predicted molar refractivity (Wildman–Crippen MR) is 59.5 cm³/mol. The molecule has 0 radical (unpaired) electrons. The van der Waals surface area contributed by atoms with Gasteiger partial charge in [0, 0.05) is 5.54 Å². The Hall–Kier alpha value is -0.930. The molecule has 0 aromatic heterocycles. The van der Waals surface area contributed by atoms with E-state index in [2.05, 4.69) is 0 Å². The van der Waals surface area contributed by atoms with Crippen LogP contribution in [0.15, 0.2) is 24.3 Å². The zero-order chi connectivity index (χ0) is 11.2. The standard InChI is InChI=1S/C13H16FNO/c14-11-4-2-1-3-9(11)7-13(15)8-10-5-6-12(13)16-10/h1-4,10,12H,5-8,15H2. The second-order valence-corrected chi connectivity index (χ2v) is 5.03. The number of halogens is 1. The first-order chi connectivity index (χ1) is 7.67. The molecule has 1 aromatic carbocycles. The van der Waals surface area contributed by atoms with Gasteiger partial charge in [0.25, 0.3) is 0 Å². The van der Waals surface area contributed by atoms with Crippen LogP contribution < -0.4 is 5.73 Å². The number of fused-ring (bicyclic) bond motifs is 2. The molecule has 2 fully saturated rings.